The molecule has 1 aromatic heterocycles. The molecule has 0 unspecified atom stereocenters. The molecule has 11 heteroatoms. The number of thiocarbonyl (C=S) groups is 1. The molecule has 1 heterocycles. The first kappa shape index (κ1) is 22.8. The highest BCUT2D eigenvalue weighted by atomic mass is 32.1. The SMILES string of the molecule is CCOc1ccc(-n2nc3ccc(NC(=S)NC(=O)c4ccc(C)c([N+](=O)[O-])c4)cc3n2)cc1. The van der Waals surface area contributed by atoms with Crippen LogP contribution in [0.5, 0.6) is 5.75 Å². The number of anilines is 1. The Labute approximate surface area is 199 Å². The van der Waals surface area contributed by atoms with E-state index in [2.05, 4.69) is 20.8 Å². The number of nitrogens with zero attached hydrogens (tertiary/aromatic N) is 4. The van der Waals surface area contributed by atoms with Crippen molar-refractivity contribution in [3.63, 3.8) is 0 Å². The minimum atomic E-state index is -0.553. The van der Waals surface area contributed by atoms with E-state index in [1.54, 1.807) is 25.1 Å². The number of hydrogen-bond donors (Lipinski definition) is 2. The molecule has 1 amide bonds. The third-order valence-corrected chi connectivity index (χ3v) is 5.12. The minimum Gasteiger partial charge on any atom is -0.494 e. The summed E-state index contributed by atoms with van der Waals surface area (Å²) in [7, 11) is 0. The van der Waals surface area contributed by atoms with Gasteiger partial charge < -0.3 is 10.1 Å². The zero-order valence-corrected chi connectivity index (χ0v) is 19.1. The second kappa shape index (κ2) is 9.63. The quantitative estimate of drug-likeness (QED) is 0.241. The van der Waals surface area contributed by atoms with E-state index in [0.29, 0.717) is 28.9 Å². The Balaban J connectivity index is 1.46. The molecular formula is C23H20N6O4S. The van der Waals surface area contributed by atoms with Crippen molar-refractivity contribution < 1.29 is 14.5 Å². The van der Waals surface area contributed by atoms with Gasteiger partial charge in [0.05, 0.1) is 17.2 Å². The van der Waals surface area contributed by atoms with Gasteiger partial charge in [-0.15, -0.1) is 10.2 Å². The molecule has 0 bridgehead atoms. The van der Waals surface area contributed by atoms with Gasteiger partial charge in [0.2, 0.25) is 0 Å². The van der Waals surface area contributed by atoms with Crippen LogP contribution in [0.15, 0.2) is 60.7 Å². The Kier molecular flexibility index (Phi) is 6.46. The number of fused-ring (bicyclic) bond motifs is 1. The maximum Gasteiger partial charge on any atom is 0.273 e. The van der Waals surface area contributed by atoms with Crippen molar-refractivity contribution in [2.75, 3.05) is 11.9 Å². The lowest BCUT2D eigenvalue weighted by molar-refractivity contribution is -0.385. The third kappa shape index (κ3) is 4.99. The van der Waals surface area contributed by atoms with Gasteiger partial charge in [-0.3, -0.25) is 20.2 Å². The zero-order valence-electron chi connectivity index (χ0n) is 18.3. The molecule has 34 heavy (non-hydrogen) atoms. The summed E-state index contributed by atoms with van der Waals surface area (Å²) in [6.07, 6.45) is 0. The van der Waals surface area contributed by atoms with Crippen molar-refractivity contribution in [1.82, 2.24) is 20.3 Å². The van der Waals surface area contributed by atoms with Gasteiger partial charge in [-0.25, -0.2) is 0 Å². The molecule has 0 spiro atoms. The number of carbonyl (C=O) groups excluding carboxylic acids is 1. The van der Waals surface area contributed by atoms with Crippen LogP contribution in [-0.2, 0) is 0 Å². The molecule has 0 radical (unpaired) electrons. The minimum absolute atomic E-state index is 0.0477. The molecule has 0 saturated heterocycles. The predicted molar refractivity (Wildman–Crippen MR) is 132 cm³/mol. The molecule has 3 aromatic carbocycles. The van der Waals surface area contributed by atoms with Gasteiger partial charge in [0.15, 0.2) is 5.11 Å². The highest BCUT2D eigenvalue weighted by Crippen LogP contribution is 2.21. The van der Waals surface area contributed by atoms with E-state index in [-0.39, 0.29) is 16.4 Å². The number of benzene rings is 3. The van der Waals surface area contributed by atoms with Crippen LogP contribution in [0.4, 0.5) is 11.4 Å². The lowest BCUT2D eigenvalue weighted by Crippen LogP contribution is -2.34. The summed E-state index contributed by atoms with van der Waals surface area (Å²) >= 11 is 5.23. The average Bonchev–Trinajstić information content (AvgIpc) is 3.23. The number of ether oxygens (including phenoxy) is 1. The van der Waals surface area contributed by atoms with Crippen LogP contribution in [0.2, 0.25) is 0 Å². The monoisotopic (exact) mass is 476 g/mol. The Hall–Kier alpha value is -4.38. The Morgan fingerprint density at radius 1 is 1.09 bits per heavy atom. The lowest BCUT2D eigenvalue weighted by Gasteiger charge is -2.09. The largest absolute Gasteiger partial charge is 0.494 e. The van der Waals surface area contributed by atoms with Crippen LogP contribution in [-0.4, -0.2) is 37.5 Å². The lowest BCUT2D eigenvalue weighted by atomic mass is 10.1. The number of hydrogen-bond acceptors (Lipinski definition) is 7. The molecule has 172 valence electrons. The van der Waals surface area contributed by atoms with E-state index in [1.165, 1.54) is 23.0 Å². The van der Waals surface area contributed by atoms with Gasteiger partial charge in [-0.2, -0.15) is 4.80 Å². The Morgan fingerprint density at radius 2 is 1.82 bits per heavy atom. The Morgan fingerprint density at radius 3 is 2.53 bits per heavy atom. The molecule has 0 atom stereocenters. The molecule has 0 saturated carbocycles. The first-order chi connectivity index (χ1) is 16.3. The average molecular weight is 477 g/mol. The molecule has 0 aliphatic heterocycles. The molecule has 0 aliphatic carbocycles. The number of amides is 1. The van der Waals surface area contributed by atoms with Crippen molar-refractivity contribution in [2.45, 2.75) is 13.8 Å². The molecule has 2 N–H and O–H groups in total. The summed E-state index contributed by atoms with van der Waals surface area (Å²) in [6, 6.07) is 17.0. The van der Waals surface area contributed by atoms with Gasteiger partial charge >= 0.3 is 0 Å². The molecule has 4 rings (SSSR count). The summed E-state index contributed by atoms with van der Waals surface area (Å²) in [4.78, 5) is 24.6. The van der Waals surface area contributed by atoms with Gasteiger partial charge in [0.1, 0.15) is 16.8 Å². The van der Waals surface area contributed by atoms with Gasteiger partial charge in [0.25, 0.3) is 11.6 Å². The maximum absolute atomic E-state index is 12.5. The number of aryl methyl sites for hydroxylation is 1. The smallest absolute Gasteiger partial charge is 0.273 e. The van der Waals surface area contributed by atoms with Crippen LogP contribution < -0.4 is 15.4 Å². The number of nitrogens with one attached hydrogen (secondary N) is 2. The van der Waals surface area contributed by atoms with Crippen molar-refractivity contribution in [2.24, 2.45) is 0 Å². The molecule has 4 aromatic rings. The fraction of sp³-hybridized carbons (Fsp3) is 0.130. The third-order valence-electron chi connectivity index (χ3n) is 4.91. The van der Waals surface area contributed by atoms with Crippen LogP contribution in [0.25, 0.3) is 16.7 Å². The predicted octanol–water partition coefficient (Wildman–Crippen LogP) is 4.16. The summed E-state index contributed by atoms with van der Waals surface area (Å²) in [5.41, 5.74) is 3.16. The van der Waals surface area contributed by atoms with E-state index >= 15 is 0 Å². The van der Waals surface area contributed by atoms with E-state index in [9.17, 15) is 14.9 Å². The molecular weight excluding hydrogens is 456 g/mol. The number of nitro groups is 1. The van der Waals surface area contributed by atoms with Crippen LogP contribution in [0.1, 0.15) is 22.8 Å². The van der Waals surface area contributed by atoms with E-state index in [0.717, 1.165) is 11.4 Å². The summed E-state index contributed by atoms with van der Waals surface area (Å²) in [6.45, 7) is 4.12. The van der Waals surface area contributed by atoms with E-state index < -0.39 is 10.8 Å². The van der Waals surface area contributed by atoms with Crippen LogP contribution in [0.3, 0.4) is 0 Å². The molecule has 0 aliphatic rings. The van der Waals surface area contributed by atoms with Gasteiger partial charge in [-0.05, 0) is 74.6 Å². The number of rotatable bonds is 6. The highest BCUT2D eigenvalue weighted by molar-refractivity contribution is 7.80. The number of aromatic nitrogens is 3. The van der Waals surface area contributed by atoms with Gasteiger partial charge in [0, 0.05) is 22.9 Å². The fourth-order valence-corrected chi connectivity index (χ4v) is 3.45. The van der Waals surface area contributed by atoms with Gasteiger partial charge in [-0.1, -0.05) is 6.07 Å². The van der Waals surface area contributed by atoms with Crippen LogP contribution >= 0.6 is 12.2 Å². The molecule has 0 fully saturated rings. The van der Waals surface area contributed by atoms with Crippen molar-refractivity contribution in [3.8, 4) is 11.4 Å². The second-order valence-corrected chi connectivity index (χ2v) is 7.69. The summed E-state index contributed by atoms with van der Waals surface area (Å²) in [5.74, 6) is 0.216. The summed E-state index contributed by atoms with van der Waals surface area (Å²) in [5, 5.41) is 25.6. The normalized spacial score (nSPS) is 10.6. The van der Waals surface area contributed by atoms with Crippen molar-refractivity contribution >= 4 is 45.6 Å². The topological polar surface area (TPSA) is 124 Å². The number of carbonyl (C=O) groups is 1. The molecule has 10 nitrogen and oxygen atoms in total. The maximum atomic E-state index is 12.5. The first-order valence-electron chi connectivity index (χ1n) is 10.3. The summed E-state index contributed by atoms with van der Waals surface area (Å²) < 4.78 is 5.46. The van der Waals surface area contributed by atoms with Crippen molar-refractivity contribution in [1.29, 1.82) is 0 Å². The Bertz CT molecular complexity index is 1400. The van der Waals surface area contributed by atoms with E-state index in [1.807, 2.05) is 31.2 Å². The van der Waals surface area contributed by atoms with E-state index in [4.69, 9.17) is 17.0 Å². The standard InChI is InChI=1S/C23H20N6O4S/c1-3-33-18-9-7-17(8-10-18)28-26-19-11-6-16(13-20(19)27-28)24-23(34)25-22(30)15-5-4-14(2)21(12-15)29(31)32/h4-13H,3H2,1-2H3,(H2,24,25,30,34). The number of nitro benzene ring substituents is 1. The van der Waals surface area contributed by atoms with Crippen LogP contribution in [0, 0.1) is 17.0 Å². The fourth-order valence-electron chi connectivity index (χ4n) is 3.24. The highest BCUT2D eigenvalue weighted by Gasteiger charge is 2.16. The van der Waals surface area contributed by atoms with Crippen molar-refractivity contribution in [3.05, 3.63) is 81.9 Å². The first-order valence-corrected chi connectivity index (χ1v) is 10.7. The second-order valence-electron chi connectivity index (χ2n) is 7.29. The zero-order chi connectivity index (χ0) is 24.2.